The SMILES string of the molecule is O=C(CSc1ccccc1Cl)Nc1cccc(N2CCOCC2)c1. The third kappa shape index (κ3) is 4.66. The smallest absolute Gasteiger partial charge is 0.234 e. The Labute approximate surface area is 151 Å². The number of carbonyl (C=O) groups is 1. The number of hydrogen-bond donors (Lipinski definition) is 1. The van der Waals surface area contributed by atoms with E-state index >= 15 is 0 Å². The van der Waals surface area contributed by atoms with Crippen LogP contribution in [0.4, 0.5) is 11.4 Å². The second-order valence-electron chi connectivity index (χ2n) is 5.42. The van der Waals surface area contributed by atoms with Crippen LogP contribution in [0.5, 0.6) is 0 Å². The molecule has 1 heterocycles. The Morgan fingerprint density at radius 2 is 1.96 bits per heavy atom. The van der Waals surface area contributed by atoms with E-state index in [-0.39, 0.29) is 5.91 Å². The third-order valence-electron chi connectivity index (χ3n) is 3.70. The predicted octanol–water partition coefficient (Wildman–Crippen LogP) is 3.91. The molecule has 1 aliphatic heterocycles. The number of nitrogens with zero attached hydrogens (tertiary/aromatic N) is 1. The molecule has 6 heteroatoms. The summed E-state index contributed by atoms with van der Waals surface area (Å²) in [6.45, 7) is 3.23. The topological polar surface area (TPSA) is 41.6 Å². The molecule has 0 spiro atoms. The van der Waals surface area contributed by atoms with E-state index in [4.69, 9.17) is 16.3 Å². The van der Waals surface area contributed by atoms with Gasteiger partial charge in [0.15, 0.2) is 0 Å². The monoisotopic (exact) mass is 362 g/mol. The van der Waals surface area contributed by atoms with Gasteiger partial charge in [-0.1, -0.05) is 29.8 Å². The zero-order chi connectivity index (χ0) is 16.8. The van der Waals surface area contributed by atoms with E-state index in [0.717, 1.165) is 42.6 Å². The van der Waals surface area contributed by atoms with Gasteiger partial charge < -0.3 is 15.0 Å². The van der Waals surface area contributed by atoms with Gasteiger partial charge >= 0.3 is 0 Å². The summed E-state index contributed by atoms with van der Waals surface area (Å²) in [6.07, 6.45) is 0. The standard InChI is InChI=1S/C18H19ClN2O2S/c19-16-6-1-2-7-17(16)24-13-18(22)20-14-4-3-5-15(12-14)21-8-10-23-11-9-21/h1-7,12H,8-11,13H2,(H,20,22). The highest BCUT2D eigenvalue weighted by Gasteiger charge is 2.12. The van der Waals surface area contributed by atoms with Crippen molar-refractivity contribution in [1.82, 2.24) is 0 Å². The number of rotatable bonds is 5. The van der Waals surface area contributed by atoms with Gasteiger partial charge in [-0.25, -0.2) is 0 Å². The van der Waals surface area contributed by atoms with Gasteiger partial charge in [-0.3, -0.25) is 4.79 Å². The number of carbonyl (C=O) groups excluding carboxylic acids is 1. The van der Waals surface area contributed by atoms with Crippen LogP contribution in [0.15, 0.2) is 53.4 Å². The van der Waals surface area contributed by atoms with Crippen LogP contribution < -0.4 is 10.2 Å². The number of benzene rings is 2. The van der Waals surface area contributed by atoms with Crippen LogP contribution in [-0.2, 0) is 9.53 Å². The highest BCUT2D eigenvalue weighted by Crippen LogP contribution is 2.27. The van der Waals surface area contributed by atoms with Crippen LogP contribution >= 0.6 is 23.4 Å². The Balaban J connectivity index is 1.57. The van der Waals surface area contributed by atoms with Crippen LogP contribution in [0.25, 0.3) is 0 Å². The molecule has 126 valence electrons. The third-order valence-corrected chi connectivity index (χ3v) is 5.22. The Morgan fingerprint density at radius 3 is 2.75 bits per heavy atom. The highest BCUT2D eigenvalue weighted by molar-refractivity contribution is 8.00. The highest BCUT2D eigenvalue weighted by atomic mass is 35.5. The molecular weight excluding hydrogens is 344 g/mol. The normalized spacial score (nSPS) is 14.5. The zero-order valence-electron chi connectivity index (χ0n) is 13.2. The maximum absolute atomic E-state index is 12.2. The van der Waals surface area contributed by atoms with Crippen molar-refractivity contribution in [2.75, 3.05) is 42.3 Å². The van der Waals surface area contributed by atoms with Crippen LogP contribution in [0, 0.1) is 0 Å². The van der Waals surface area contributed by atoms with Gasteiger partial charge in [0, 0.05) is 29.4 Å². The first kappa shape index (κ1) is 17.1. The van der Waals surface area contributed by atoms with E-state index in [1.165, 1.54) is 11.8 Å². The van der Waals surface area contributed by atoms with Crippen LogP contribution in [0.3, 0.4) is 0 Å². The average molecular weight is 363 g/mol. The molecule has 2 aromatic rings. The van der Waals surface area contributed by atoms with E-state index in [1.54, 1.807) is 0 Å². The predicted molar refractivity (Wildman–Crippen MR) is 100 cm³/mol. The molecule has 24 heavy (non-hydrogen) atoms. The molecule has 0 atom stereocenters. The van der Waals surface area contributed by atoms with E-state index in [2.05, 4.69) is 16.3 Å². The first-order chi connectivity index (χ1) is 11.7. The summed E-state index contributed by atoms with van der Waals surface area (Å²) in [6, 6.07) is 15.5. The van der Waals surface area contributed by atoms with Gasteiger partial charge in [0.05, 0.1) is 24.0 Å². The largest absolute Gasteiger partial charge is 0.378 e. The first-order valence-electron chi connectivity index (χ1n) is 7.82. The summed E-state index contributed by atoms with van der Waals surface area (Å²) in [5.74, 6) is 0.282. The molecule has 1 saturated heterocycles. The minimum atomic E-state index is -0.0425. The quantitative estimate of drug-likeness (QED) is 0.819. The molecule has 1 amide bonds. The minimum absolute atomic E-state index is 0.0425. The fraction of sp³-hybridized carbons (Fsp3) is 0.278. The lowest BCUT2D eigenvalue weighted by Crippen LogP contribution is -2.36. The summed E-state index contributed by atoms with van der Waals surface area (Å²) in [5.41, 5.74) is 1.92. The van der Waals surface area contributed by atoms with Gasteiger partial charge in [0.2, 0.25) is 5.91 Å². The van der Waals surface area contributed by atoms with Gasteiger partial charge in [0.1, 0.15) is 0 Å². The Bertz CT molecular complexity index is 705. The van der Waals surface area contributed by atoms with Crippen molar-refractivity contribution in [3.63, 3.8) is 0 Å². The van der Waals surface area contributed by atoms with Crippen molar-refractivity contribution in [3.05, 3.63) is 53.6 Å². The molecule has 0 aromatic heterocycles. The number of ether oxygens (including phenoxy) is 1. The van der Waals surface area contributed by atoms with Gasteiger partial charge in [0.25, 0.3) is 0 Å². The van der Waals surface area contributed by atoms with Crippen LogP contribution in [-0.4, -0.2) is 38.0 Å². The number of morpholine rings is 1. The lowest BCUT2D eigenvalue weighted by molar-refractivity contribution is -0.113. The van der Waals surface area contributed by atoms with E-state index < -0.39 is 0 Å². The molecule has 2 aromatic carbocycles. The minimum Gasteiger partial charge on any atom is -0.378 e. The zero-order valence-corrected chi connectivity index (χ0v) is 14.8. The van der Waals surface area contributed by atoms with Crippen molar-refractivity contribution in [3.8, 4) is 0 Å². The second-order valence-corrected chi connectivity index (χ2v) is 6.84. The van der Waals surface area contributed by atoms with Crippen LogP contribution in [0.2, 0.25) is 5.02 Å². The fourth-order valence-corrected chi connectivity index (χ4v) is 3.54. The van der Waals surface area contributed by atoms with Crippen molar-refractivity contribution >= 4 is 40.6 Å². The summed E-state index contributed by atoms with van der Waals surface area (Å²) >= 11 is 7.54. The van der Waals surface area contributed by atoms with Crippen molar-refractivity contribution in [2.24, 2.45) is 0 Å². The Kier molecular flexibility index (Phi) is 6.01. The summed E-state index contributed by atoms with van der Waals surface area (Å²) in [4.78, 5) is 15.4. The molecule has 4 nitrogen and oxygen atoms in total. The van der Waals surface area contributed by atoms with Crippen molar-refractivity contribution in [2.45, 2.75) is 4.90 Å². The maximum atomic E-state index is 12.2. The van der Waals surface area contributed by atoms with Crippen molar-refractivity contribution < 1.29 is 9.53 Å². The molecule has 0 unspecified atom stereocenters. The fourth-order valence-electron chi connectivity index (χ4n) is 2.50. The van der Waals surface area contributed by atoms with Crippen molar-refractivity contribution in [1.29, 1.82) is 0 Å². The van der Waals surface area contributed by atoms with E-state index in [9.17, 15) is 4.79 Å². The lowest BCUT2D eigenvalue weighted by atomic mass is 10.2. The number of halogens is 1. The van der Waals surface area contributed by atoms with Gasteiger partial charge in [-0.15, -0.1) is 11.8 Å². The van der Waals surface area contributed by atoms with Gasteiger partial charge in [-0.2, -0.15) is 0 Å². The number of amides is 1. The molecular formula is C18H19ClN2O2S. The lowest BCUT2D eigenvalue weighted by Gasteiger charge is -2.29. The summed E-state index contributed by atoms with van der Waals surface area (Å²) in [5, 5.41) is 3.62. The number of nitrogens with one attached hydrogen (secondary N) is 1. The molecule has 1 N–H and O–H groups in total. The van der Waals surface area contributed by atoms with E-state index in [1.807, 2.05) is 42.5 Å². The Hall–Kier alpha value is -1.69. The molecule has 0 saturated carbocycles. The summed E-state index contributed by atoms with van der Waals surface area (Å²) < 4.78 is 5.37. The average Bonchev–Trinajstić information content (AvgIpc) is 2.62. The number of thioether (sulfide) groups is 1. The molecule has 3 rings (SSSR count). The summed E-state index contributed by atoms with van der Waals surface area (Å²) in [7, 11) is 0. The molecule has 0 bridgehead atoms. The number of anilines is 2. The Morgan fingerprint density at radius 1 is 1.17 bits per heavy atom. The molecule has 0 aliphatic carbocycles. The molecule has 0 radical (unpaired) electrons. The molecule has 1 aliphatic rings. The first-order valence-corrected chi connectivity index (χ1v) is 9.19. The van der Waals surface area contributed by atoms with Crippen LogP contribution in [0.1, 0.15) is 0 Å². The maximum Gasteiger partial charge on any atom is 0.234 e. The molecule has 1 fully saturated rings. The van der Waals surface area contributed by atoms with E-state index in [0.29, 0.717) is 10.8 Å². The second kappa shape index (κ2) is 8.42. The number of hydrogen-bond acceptors (Lipinski definition) is 4. The van der Waals surface area contributed by atoms with Gasteiger partial charge in [-0.05, 0) is 30.3 Å².